The van der Waals surface area contributed by atoms with Crippen LogP contribution in [0.2, 0.25) is 0 Å². The summed E-state index contributed by atoms with van der Waals surface area (Å²) in [5.41, 5.74) is 0. The van der Waals surface area contributed by atoms with Crippen molar-refractivity contribution in [2.45, 2.75) is 261 Å². The van der Waals surface area contributed by atoms with E-state index in [1.165, 1.54) is 70.6 Å². The van der Waals surface area contributed by atoms with Crippen LogP contribution in [0.4, 0.5) is 0 Å². The van der Waals surface area contributed by atoms with Gasteiger partial charge in [0.1, 0.15) is 48.8 Å². The van der Waals surface area contributed by atoms with Crippen molar-refractivity contribution in [1.29, 1.82) is 0 Å². The summed E-state index contributed by atoms with van der Waals surface area (Å²) in [6.45, 7) is 2.65. The molecule has 0 spiro atoms. The van der Waals surface area contributed by atoms with Gasteiger partial charge in [-0.1, -0.05) is 178 Å². The molecule has 390 valence electrons. The maximum Gasteiger partial charge on any atom is 0.220 e. The molecule has 0 aliphatic carbocycles. The molecule has 0 radical (unpaired) electrons. The van der Waals surface area contributed by atoms with Crippen LogP contribution in [0.1, 0.15) is 187 Å². The molecule has 0 saturated carbocycles. The molecule has 2 rings (SSSR count). The molecule has 1 amide bonds. The van der Waals surface area contributed by atoms with Crippen molar-refractivity contribution in [1.82, 2.24) is 5.32 Å². The van der Waals surface area contributed by atoms with Crippen LogP contribution in [0.3, 0.4) is 0 Å². The van der Waals surface area contributed by atoms with Crippen LogP contribution < -0.4 is 5.32 Å². The van der Waals surface area contributed by atoms with Crippen molar-refractivity contribution in [3.05, 3.63) is 48.6 Å². The van der Waals surface area contributed by atoms with Crippen LogP contribution in [0.25, 0.3) is 0 Å². The molecule has 2 saturated heterocycles. The van der Waals surface area contributed by atoms with E-state index >= 15 is 0 Å². The Kier molecular flexibility index (Phi) is 36.1. The number of amides is 1. The highest BCUT2D eigenvalue weighted by atomic mass is 16.7. The van der Waals surface area contributed by atoms with Gasteiger partial charge < -0.3 is 65.1 Å². The van der Waals surface area contributed by atoms with Gasteiger partial charge in [0.2, 0.25) is 5.91 Å². The van der Waals surface area contributed by atoms with Crippen molar-refractivity contribution in [2.75, 3.05) is 19.8 Å². The Labute approximate surface area is 403 Å². The lowest BCUT2D eigenvalue weighted by molar-refractivity contribution is -0.359. The van der Waals surface area contributed by atoms with Crippen molar-refractivity contribution in [3.8, 4) is 0 Å². The Hall–Kier alpha value is -2.05. The lowest BCUT2D eigenvalue weighted by Crippen LogP contribution is -2.65. The number of aliphatic hydroxyl groups is 8. The van der Waals surface area contributed by atoms with Gasteiger partial charge in [0.05, 0.1) is 32.0 Å². The Bertz CT molecular complexity index is 1310. The summed E-state index contributed by atoms with van der Waals surface area (Å²) < 4.78 is 22.6. The molecule has 0 aromatic heterocycles. The van der Waals surface area contributed by atoms with E-state index in [-0.39, 0.29) is 12.5 Å². The van der Waals surface area contributed by atoms with Crippen LogP contribution in [-0.4, -0.2) is 140 Å². The third kappa shape index (κ3) is 26.7. The van der Waals surface area contributed by atoms with Gasteiger partial charge in [-0.15, -0.1) is 0 Å². The quantitative estimate of drug-likeness (QED) is 0.0218. The molecule has 0 bridgehead atoms. The van der Waals surface area contributed by atoms with E-state index in [4.69, 9.17) is 18.9 Å². The number of rotatable bonds is 40. The van der Waals surface area contributed by atoms with E-state index in [9.17, 15) is 45.6 Å². The largest absolute Gasteiger partial charge is 0.394 e. The first-order valence-corrected chi connectivity index (χ1v) is 26.4. The number of carbonyl (C=O) groups is 1. The first kappa shape index (κ1) is 61.1. The lowest BCUT2D eigenvalue weighted by atomic mass is 9.97. The molecular formula is C53H95NO13. The van der Waals surface area contributed by atoms with E-state index in [2.05, 4.69) is 67.8 Å². The van der Waals surface area contributed by atoms with E-state index in [0.29, 0.717) is 12.8 Å². The second-order valence-corrected chi connectivity index (χ2v) is 18.6. The monoisotopic (exact) mass is 954 g/mol. The normalized spacial score (nSPS) is 27.0. The standard InChI is InChI=1S/C53H95NO13/c1-3-5-7-9-11-12-13-14-15-16-17-18-19-20-21-22-23-24-25-26-27-28-29-30-31-33-35-37-45(58)54-41(42(57)36-34-32-10-8-6-4-2)40-64-52-50(63)48(61)51(44(39-56)66-52)67-53-49(62)47(60)46(59)43(38-55)65-53/h5,7,11-12,14-15,17-18,41-44,46-53,55-57,59-63H,3-4,6,8-10,13,16,19-40H2,1-2H3,(H,54,58)/b7-5-,12-11-,15-14-,18-17-. The smallest absolute Gasteiger partial charge is 0.220 e. The van der Waals surface area contributed by atoms with Gasteiger partial charge in [0, 0.05) is 6.42 Å². The number of hydrogen-bond donors (Lipinski definition) is 9. The third-order valence-corrected chi connectivity index (χ3v) is 12.8. The minimum Gasteiger partial charge on any atom is -0.394 e. The molecule has 12 atom stereocenters. The maximum atomic E-state index is 13.1. The number of hydrogen-bond acceptors (Lipinski definition) is 13. The molecule has 9 N–H and O–H groups in total. The Morgan fingerprint density at radius 1 is 0.552 bits per heavy atom. The Morgan fingerprint density at radius 2 is 1.03 bits per heavy atom. The zero-order valence-electron chi connectivity index (χ0n) is 41.4. The molecule has 2 fully saturated rings. The van der Waals surface area contributed by atoms with Crippen LogP contribution in [0.5, 0.6) is 0 Å². The number of unbranched alkanes of at least 4 members (excludes halogenated alkanes) is 19. The van der Waals surface area contributed by atoms with Crippen LogP contribution >= 0.6 is 0 Å². The van der Waals surface area contributed by atoms with Crippen molar-refractivity contribution in [2.24, 2.45) is 0 Å². The van der Waals surface area contributed by atoms with Gasteiger partial charge in [0.15, 0.2) is 12.6 Å². The summed E-state index contributed by atoms with van der Waals surface area (Å²) >= 11 is 0. The number of ether oxygens (including phenoxy) is 4. The molecule has 14 nitrogen and oxygen atoms in total. The predicted molar refractivity (Wildman–Crippen MR) is 263 cm³/mol. The summed E-state index contributed by atoms with van der Waals surface area (Å²) in [6.07, 6.45) is 30.3. The molecule has 67 heavy (non-hydrogen) atoms. The van der Waals surface area contributed by atoms with Crippen LogP contribution in [0.15, 0.2) is 48.6 Å². The molecule has 0 aromatic rings. The molecule has 12 unspecified atom stereocenters. The van der Waals surface area contributed by atoms with Gasteiger partial charge in [-0.2, -0.15) is 0 Å². The van der Waals surface area contributed by atoms with Crippen LogP contribution in [-0.2, 0) is 23.7 Å². The fourth-order valence-corrected chi connectivity index (χ4v) is 8.52. The highest BCUT2D eigenvalue weighted by Gasteiger charge is 2.51. The van der Waals surface area contributed by atoms with E-state index in [0.717, 1.165) is 89.9 Å². The average molecular weight is 954 g/mol. The number of nitrogens with one attached hydrogen (secondary N) is 1. The summed E-state index contributed by atoms with van der Waals surface area (Å²) in [7, 11) is 0. The summed E-state index contributed by atoms with van der Waals surface area (Å²) in [4.78, 5) is 13.1. The maximum absolute atomic E-state index is 13.1. The molecule has 2 aliphatic heterocycles. The van der Waals surface area contributed by atoms with Gasteiger partial charge in [-0.3, -0.25) is 4.79 Å². The van der Waals surface area contributed by atoms with Crippen LogP contribution in [0, 0.1) is 0 Å². The SMILES string of the molecule is CC/C=C\C/C=C\C/C=C\C/C=C\CCCCCCCCCCCCCCCCC(=O)NC(COC1OC(CO)C(OC2OC(CO)C(O)C(O)C2O)C(O)C1O)C(O)CCCCCCCC. The fourth-order valence-electron chi connectivity index (χ4n) is 8.52. The lowest BCUT2D eigenvalue weighted by Gasteiger charge is -2.46. The molecule has 2 aliphatic rings. The topological polar surface area (TPSA) is 228 Å². The minimum atomic E-state index is -1.78. The van der Waals surface area contributed by atoms with E-state index < -0.39 is 86.8 Å². The number of aliphatic hydroxyl groups excluding tert-OH is 8. The first-order valence-electron chi connectivity index (χ1n) is 26.4. The van der Waals surface area contributed by atoms with Crippen molar-refractivity contribution < 1.29 is 64.6 Å². The van der Waals surface area contributed by atoms with E-state index in [1.807, 2.05) is 0 Å². The second-order valence-electron chi connectivity index (χ2n) is 18.6. The van der Waals surface area contributed by atoms with Gasteiger partial charge in [-0.25, -0.2) is 0 Å². The summed E-state index contributed by atoms with van der Waals surface area (Å²) in [5.74, 6) is -0.215. The molecular weight excluding hydrogens is 859 g/mol. The number of allylic oxidation sites excluding steroid dienone is 8. The highest BCUT2D eigenvalue weighted by Crippen LogP contribution is 2.30. The Morgan fingerprint density at radius 3 is 1.58 bits per heavy atom. The second kappa shape index (κ2) is 39.6. The van der Waals surface area contributed by atoms with Gasteiger partial charge in [-0.05, 0) is 51.4 Å². The van der Waals surface area contributed by atoms with E-state index in [1.54, 1.807) is 0 Å². The zero-order chi connectivity index (χ0) is 48.9. The molecule has 0 aromatic carbocycles. The van der Waals surface area contributed by atoms with Gasteiger partial charge >= 0.3 is 0 Å². The molecule has 2 heterocycles. The minimum absolute atomic E-state index is 0.215. The number of carbonyl (C=O) groups excluding carboxylic acids is 1. The summed E-state index contributed by atoms with van der Waals surface area (Å²) in [6, 6.07) is -0.826. The third-order valence-electron chi connectivity index (χ3n) is 12.8. The molecule has 14 heteroatoms. The Balaban J connectivity index is 1.64. The first-order chi connectivity index (χ1) is 32.6. The zero-order valence-corrected chi connectivity index (χ0v) is 41.4. The highest BCUT2D eigenvalue weighted by molar-refractivity contribution is 5.76. The van der Waals surface area contributed by atoms with Crippen molar-refractivity contribution in [3.63, 3.8) is 0 Å². The van der Waals surface area contributed by atoms with Gasteiger partial charge in [0.25, 0.3) is 0 Å². The average Bonchev–Trinajstić information content (AvgIpc) is 3.32. The fraction of sp³-hybridized carbons (Fsp3) is 0.830. The van der Waals surface area contributed by atoms with Crippen molar-refractivity contribution >= 4 is 5.91 Å². The predicted octanol–water partition coefficient (Wildman–Crippen LogP) is 7.27. The summed E-state index contributed by atoms with van der Waals surface area (Å²) in [5, 5.41) is 86.5.